The highest BCUT2D eigenvalue weighted by Crippen LogP contribution is 2.33. The van der Waals surface area contributed by atoms with E-state index >= 15 is 0 Å². The van der Waals surface area contributed by atoms with Crippen LogP contribution in [0.15, 0.2) is 78.9 Å². The predicted molar refractivity (Wildman–Crippen MR) is 112 cm³/mol. The minimum Gasteiger partial charge on any atom is -0.457 e. The first-order chi connectivity index (χ1) is 14.9. The lowest BCUT2D eigenvalue weighted by Crippen LogP contribution is -2.40. The van der Waals surface area contributed by atoms with Crippen molar-refractivity contribution in [2.45, 2.75) is 19.0 Å². The summed E-state index contributed by atoms with van der Waals surface area (Å²) in [6.45, 7) is 1.61. The van der Waals surface area contributed by atoms with Crippen molar-refractivity contribution in [1.29, 1.82) is 0 Å². The van der Waals surface area contributed by atoms with Gasteiger partial charge >= 0.3 is 6.03 Å². The van der Waals surface area contributed by atoms with Gasteiger partial charge in [-0.2, -0.15) is 0 Å². The van der Waals surface area contributed by atoms with Crippen molar-refractivity contribution >= 4 is 17.6 Å². The first-order valence-electron chi connectivity index (χ1n) is 9.58. The number of imide groups is 1. The summed E-state index contributed by atoms with van der Waals surface area (Å²) in [6.07, 6.45) is 0. The molecule has 0 saturated carbocycles. The number of hydrogen-bond donors (Lipinski definition) is 1. The molecule has 1 N–H and O–H groups in total. The number of ether oxygens (including phenoxy) is 1. The number of carbonyl (C=O) groups excluding carboxylic acids is 2. The minimum absolute atomic E-state index is 0.0241. The number of carbonyl (C=O) groups is 2. The average molecular weight is 417 g/mol. The largest absolute Gasteiger partial charge is 0.457 e. The van der Waals surface area contributed by atoms with Crippen LogP contribution in [0.3, 0.4) is 0 Å². The molecule has 0 spiro atoms. The van der Waals surface area contributed by atoms with Crippen molar-refractivity contribution in [2.24, 2.45) is 0 Å². The predicted octanol–water partition coefficient (Wildman–Crippen LogP) is 4.35. The molecule has 0 aromatic heterocycles. The first-order valence-corrected chi connectivity index (χ1v) is 9.58. The molecule has 1 saturated heterocycles. The van der Waals surface area contributed by atoms with E-state index in [4.69, 9.17) is 4.74 Å². The number of nitro groups is 1. The van der Waals surface area contributed by atoms with Crippen molar-refractivity contribution in [3.05, 3.63) is 100 Å². The number of nitro benzene ring substituents is 1. The van der Waals surface area contributed by atoms with Crippen LogP contribution in [-0.2, 0) is 16.9 Å². The van der Waals surface area contributed by atoms with Crippen molar-refractivity contribution in [3.8, 4) is 11.5 Å². The smallest absolute Gasteiger partial charge is 0.325 e. The molecule has 1 unspecified atom stereocenters. The summed E-state index contributed by atoms with van der Waals surface area (Å²) in [4.78, 5) is 37.4. The summed E-state index contributed by atoms with van der Waals surface area (Å²) >= 11 is 0. The van der Waals surface area contributed by atoms with Crippen LogP contribution < -0.4 is 10.1 Å². The second kappa shape index (κ2) is 7.91. The number of nitrogens with zero attached hydrogens (tertiary/aromatic N) is 2. The molecule has 1 atom stereocenters. The van der Waals surface area contributed by atoms with Crippen LogP contribution >= 0.6 is 0 Å². The van der Waals surface area contributed by atoms with Crippen molar-refractivity contribution in [2.75, 3.05) is 0 Å². The van der Waals surface area contributed by atoms with Gasteiger partial charge in [0, 0.05) is 17.7 Å². The zero-order valence-corrected chi connectivity index (χ0v) is 16.6. The fourth-order valence-electron chi connectivity index (χ4n) is 3.47. The summed E-state index contributed by atoms with van der Waals surface area (Å²) in [5, 5.41) is 13.6. The number of rotatable bonds is 6. The van der Waals surface area contributed by atoms with Crippen LogP contribution in [0.5, 0.6) is 11.5 Å². The monoisotopic (exact) mass is 417 g/mol. The SMILES string of the molecule is CC1(c2ccc([N+](=O)[O-])cc2)NC(=O)N(Cc2ccccc2Oc2ccccc2)C1=O. The molecule has 0 aliphatic carbocycles. The molecule has 3 aromatic rings. The Morgan fingerprint density at radius 2 is 1.61 bits per heavy atom. The van der Waals surface area contributed by atoms with E-state index in [1.165, 1.54) is 24.3 Å². The molecular weight excluding hydrogens is 398 g/mol. The van der Waals surface area contributed by atoms with E-state index in [2.05, 4.69) is 5.32 Å². The molecule has 8 heteroatoms. The van der Waals surface area contributed by atoms with Gasteiger partial charge in [-0.1, -0.05) is 36.4 Å². The molecule has 1 heterocycles. The molecule has 31 heavy (non-hydrogen) atoms. The van der Waals surface area contributed by atoms with Gasteiger partial charge in [0.15, 0.2) is 0 Å². The number of benzene rings is 3. The van der Waals surface area contributed by atoms with E-state index in [0.717, 1.165) is 4.90 Å². The zero-order chi connectivity index (χ0) is 22.0. The van der Waals surface area contributed by atoms with Gasteiger partial charge < -0.3 is 10.1 Å². The Morgan fingerprint density at radius 3 is 2.29 bits per heavy atom. The van der Waals surface area contributed by atoms with Gasteiger partial charge in [0.2, 0.25) is 0 Å². The first kappa shape index (κ1) is 20.1. The fourth-order valence-corrected chi connectivity index (χ4v) is 3.47. The Hall–Kier alpha value is -4.20. The van der Waals surface area contributed by atoms with Gasteiger partial charge in [-0.15, -0.1) is 0 Å². The van der Waals surface area contributed by atoms with Crippen LogP contribution in [0.2, 0.25) is 0 Å². The molecule has 0 bridgehead atoms. The number of urea groups is 1. The van der Waals surface area contributed by atoms with E-state index in [9.17, 15) is 19.7 Å². The maximum Gasteiger partial charge on any atom is 0.325 e. The number of amides is 3. The van der Waals surface area contributed by atoms with Gasteiger partial charge in [-0.25, -0.2) is 4.79 Å². The third kappa shape index (κ3) is 3.83. The van der Waals surface area contributed by atoms with Crippen LogP contribution in [0.1, 0.15) is 18.1 Å². The lowest BCUT2D eigenvalue weighted by atomic mass is 9.92. The number of non-ortho nitro benzene ring substituents is 1. The standard InChI is InChI=1S/C23H19N3O5/c1-23(17-11-13-18(14-12-17)26(29)30)21(27)25(22(28)24-23)15-16-7-5-6-10-20(16)31-19-8-3-2-4-9-19/h2-14H,15H2,1H3,(H,24,28). The molecular formula is C23H19N3O5. The Morgan fingerprint density at radius 1 is 0.968 bits per heavy atom. The van der Waals surface area contributed by atoms with Gasteiger partial charge in [0.1, 0.15) is 17.0 Å². The average Bonchev–Trinajstić information content (AvgIpc) is 2.99. The van der Waals surface area contributed by atoms with Crippen molar-refractivity contribution in [3.63, 3.8) is 0 Å². The van der Waals surface area contributed by atoms with Gasteiger partial charge in [0.05, 0.1) is 11.5 Å². The molecule has 1 aliphatic heterocycles. The van der Waals surface area contributed by atoms with E-state index < -0.39 is 22.4 Å². The van der Waals surface area contributed by atoms with Crippen molar-refractivity contribution < 1.29 is 19.2 Å². The van der Waals surface area contributed by atoms with E-state index in [1.807, 2.05) is 36.4 Å². The molecule has 156 valence electrons. The van der Waals surface area contributed by atoms with E-state index in [0.29, 0.717) is 22.6 Å². The number of hydrogen-bond acceptors (Lipinski definition) is 5. The summed E-state index contributed by atoms with van der Waals surface area (Å²) in [6, 6.07) is 21.4. The van der Waals surface area contributed by atoms with Crippen LogP contribution in [0, 0.1) is 10.1 Å². The third-order valence-electron chi connectivity index (χ3n) is 5.20. The van der Waals surface area contributed by atoms with Gasteiger partial charge in [-0.3, -0.25) is 19.8 Å². The highest BCUT2D eigenvalue weighted by atomic mass is 16.6. The molecule has 1 aliphatic rings. The Labute approximate surface area is 178 Å². The maximum atomic E-state index is 13.2. The molecule has 8 nitrogen and oxygen atoms in total. The summed E-state index contributed by atoms with van der Waals surface area (Å²) in [5.74, 6) is 0.738. The second-order valence-electron chi connectivity index (χ2n) is 7.27. The number of nitrogens with one attached hydrogen (secondary N) is 1. The summed E-state index contributed by atoms with van der Waals surface area (Å²) in [5.41, 5.74) is -0.273. The molecule has 3 amide bonds. The van der Waals surface area contributed by atoms with Gasteiger partial charge in [0.25, 0.3) is 11.6 Å². The third-order valence-corrected chi connectivity index (χ3v) is 5.20. The fraction of sp³-hybridized carbons (Fsp3) is 0.130. The van der Waals surface area contributed by atoms with Crippen molar-refractivity contribution in [1.82, 2.24) is 10.2 Å². The molecule has 0 radical (unpaired) electrons. The Bertz CT molecular complexity index is 1150. The number of para-hydroxylation sites is 2. The maximum absolute atomic E-state index is 13.2. The molecule has 3 aromatic carbocycles. The lowest BCUT2D eigenvalue weighted by molar-refractivity contribution is -0.384. The topological polar surface area (TPSA) is 102 Å². The van der Waals surface area contributed by atoms with Crippen LogP contribution in [0.25, 0.3) is 0 Å². The molecule has 1 fully saturated rings. The highest BCUT2D eigenvalue weighted by Gasteiger charge is 2.49. The summed E-state index contributed by atoms with van der Waals surface area (Å²) in [7, 11) is 0. The summed E-state index contributed by atoms with van der Waals surface area (Å²) < 4.78 is 5.93. The Balaban J connectivity index is 1.58. The van der Waals surface area contributed by atoms with Gasteiger partial charge in [-0.05, 0) is 42.8 Å². The van der Waals surface area contributed by atoms with Crippen LogP contribution in [-0.4, -0.2) is 21.8 Å². The second-order valence-corrected chi connectivity index (χ2v) is 7.27. The quantitative estimate of drug-likeness (QED) is 0.365. The van der Waals surface area contributed by atoms with Crippen LogP contribution in [0.4, 0.5) is 10.5 Å². The van der Waals surface area contributed by atoms with E-state index in [1.54, 1.807) is 25.1 Å². The highest BCUT2D eigenvalue weighted by molar-refractivity contribution is 6.07. The minimum atomic E-state index is -1.32. The zero-order valence-electron chi connectivity index (χ0n) is 16.6. The molecule has 4 rings (SSSR count). The lowest BCUT2D eigenvalue weighted by Gasteiger charge is -2.22. The Kier molecular flexibility index (Phi) is 5.12. The van der Waals surface area contributed by atoms with E-state index in [-0.39, 0.29) is 12.2 Å². The normalized spacial score (nSPS) is 18.0.